The molecule has 0 atom stereocenters. The van der Waals surface area contributed by atoms with Gasteiger partial charge in [0.2, 0.25) is 11.8 Å². The zero-order valence-electron chi connectivity index (χ0n) is 16.4. The van der Waals surface area contributed by atoms with Gasteiger partial charge in [0, 0.05) is 4.90 Å². The lowest BCUT2D eigenvalue weighted by Gasteiger charge is -2.08. The summed E-state index contributed by atoms with van der Waals surface area (Å²) in [5.41, 5.74) is 0.0841. The number of hydrogen-bond donors (Lipinski definition) is 1. The van der Waals surface area contributed by atoms with E-state index >= 15 is 0 Å². The van der Waals surface area contributed by atoms with Crippen LogP contribution in [0.2, 0.25) is 0 Å². The van der Waals surface area contributed by atoms with Gasteiger partial charge < -0.3 is 9.15 Å². The van der Waals surface area contributed by atoms with Crippen molar-refractivity contribution in [3.05, 3.63) is 59.4 Å². The topological polar surface area (TPSA) is 85.6 Å². The number of thioether (sulfide) groups is 1. The van der Waals surface area contributed by atoms with E-state index in [0.717, 1.165) is 15.7 Å². The molecule has 0 aliphatic rings. The highest BCUT2D eigenvalue weighted by molar-refractivity contribution is 8.00. The third-order valence-electron chi connectivity index (χ3n) is 4.28. The second kappa shape index (κ2) is 8.96. The number of aryl methyl sites for hydroxylation is 1. The standard InChI is InChI=1S/C22H21NO5S/c1-4-27-22(26)20-19(13(2)24)14(3)28-21(20)23-18(25)12-29-17-11-7-9-15-8-5-6-10-16(15)17/h5-11H,4,12H2,1-3H3,(H,23,25). The molecular weight excluding hydrogens is 390 g/mol. The third kappa shape index (κ3) is 4.51. The first-order valence-electron chi connectivity index (χ1n) is 9.14. The fourth-order valence-corrected chi connectivity index (χ4v) is 3.96. The molecule has 1 amide bonds. The van der Waals surface area contributed by atoms with Crippen molar-refractivity contribution in [1.82, 2.24) is 0 Å². The van der Waals surface area contributed by atoms with Crippen molar-refractivity contribution in [3.63, 3.8) is 0 Å². The summed E-state index contributed by atoms with van der Waals surface area (Å²) in [6, 6.07) is 13.8. The van der Waals surface area contributed by atoms with Crippen molar-refractivity contribution in [1.29, 1.82) is 0 Å². The normalized spacial score (nSPS) is 10.7. The Kier molecular flexibility index (Phi) is 6.39. The van der Waals surface area contributed by atoms with Crippen molar-refractivity contribution in [2.24, 2.45) is 0 Å². The molecule has 0 bridgehead atoms. The van der Waals surface area contributed by atoms with Crippen molar-refractivity contribution in [3.8, 4) is 0 Å². The number of fused-ring (bicyclic) bond motifs is 1. The lowest BCUT2D eigenvalue weighted by Crippen LogP contribution is -2.17. The summed E-state index contributed by atoms with van der Waals surface area (Å²) in [5, 5.41) is 4.76. The molecule has 3 aromatic rings. The minimum atomic E-state index is -0.702. The molecule has 0 fully saturated rings. The monoisotopic (exact) mass is 411 g/mol. The largest absolute Gasteiger partial charge is 0.462 e. The summed E-state index contributed by atoms with van der Waals surface area (Å²) < 4.78 is 10.5. The second-order valence-corrected chi connectivity index (χ2v) is 7.35. The first-order valence-corrected chi connectivity index (χ1v) is 10.1. The highest BCUT2D eigenvalue weighted by Gasteiger charge is 2.28. The second-order valence-electron chi connectivity index (χ2n) is 6.33. The smallest absolute Gasteiger partial charge is 0.344 e. The maximum absolute atomic E-state index is 12.5. The minimum absolute atomic E-state index is 0.0413. The molecule has 0 saturated heterocycles. The molecule has 7 heteroatoms. The molecule has 0 aliphatic heterocycles. The number of rotatable bonds is 7. The summed E-state index contributed by atoms with van der Waals surface area (Å²) in [5.74, 6) is -1.07. The SMILES string of the molecule is CCOC(=O)c1c(NC(=O)CSc2cccc3ccccc23)oc(C)c1C(C)=O. The Labute approximate surface area is 172 Å². The van der Waals surface area contributed by atoms with Gasteiger partial charge in [0.25, 0.3) is 0 Å². The average molecular weight is 411 g/mol. The van der Waals surface area contributed by atoms with Crippen LogP contribution in [-0.4, -0.2) is 30.0 Å². The minimum Gasteiger partial charge on any atom is -0.462 e. The van der Waals surface area contributed by atoms with E-state index in [2.05, 4.69) is 5.32 Å². The van der Waals surface area contributed by atoms with E-state index in [4.69, 9.17) is 9.15 Å². The molecule has 0 unspecified atom stereocenters. The maximum Gasteiger partial charge on any atom is 0.344 e. The van der Waals surface area contributed by atoms with Crippen LogP contribution in [0.5, 0.6) is 0 Å². The van der Waals surface area contributed by atoms with E-state index in [1.54, 1.807) is 13.8 Å². The molecule has 1 heterocycles. The van der Waals surface area contributed by atoms with E-state index in [0.29, 0.717) is 0 Å². The number of benzene rings is 2. The Balaban J connectivity index is 1.79. The Bertz CT molecular complexity index is 1080. The van der Waals surface area contributed by atoms with Crippen molar-refractivity contribution in [2.45, 2.75) is 25.7 Å². The Hall–Kier alpha value is -3.06. The Morgan fingerprint density at radius 3 is 2.52 bits per heavy atom. The molecule has 0 spiro atoms. The van der Waals surface area contributed by atoms with E-state index in [1.165, 1.54) is 18.7 Å². The van der Waals surface area contributed by atoms with Crippen LogP contribution in [0, 0.1) is 6.92 Å². The summed E-state index contributed by atoms with van der Waals surface area (Å²) in [7, 11) is 0. The predicted octanol–water partition coefficient (Wildman–Crippen LogP) is 4.85. The van der Waals surface area contributed by atoms with E-state index in [1.807, 2.05) is 42.5 Å². The van der Waals surface area contributed by atoms with E-state index in [-0.39, 0.29) is 46.8 Å². The van der Waals surface area contributed by atoms with Gasteiger partial charge in [-0.3, -0.25) is 14.9 Å². The van der Waals surface area contributed by atoms with Crippen molar-refractivity contribution < 1.29 is 23.5 Å². The molecule has 0 radical (unpaired) electrons. The van der Waals surface area contributed by atoms with Gasteiger partial charge in [-0.2, -0.15) is 0 Å². The number of ketones is 1. The van der Waals surface area contributed by atoms with Crippen LogP contribution < -0.4 is 5.32 Å². The molecule has 1 aromatic heterocycles. The van der Waals surface area contributed by atoms with Gasteiger partial charge in [0.15, 0.2) is 5.78 Å². The predicted molar refractivity (Wildman–Crippen MR) is 113 cm³/mol. The summed E-state index contributed by atoms with van der Waals surface area (Å²) >= 11 is 1.38. The number of hydrogen-bond acceptors (Lipinski definition) is 6. The summed E-state index contributed by atoms with van der Waals surface area (Å²) in [6.07, 6.45) is 0. The summed E-state index contributed by atoms with van der Waals surface area (Å²) in [6.45, 7) is 4.71. The molecule has 3 rings (SSSR count). The molecule has 0 saturated carbocycles. The van der Waals surface area contributed by atoms with Crippen LogP contribution in [-0.2, 0) is 9.53 Å². The molecule has 1 N–H and O–H groups in total. The first kappa shape index (κ1) is 20.7. The van der Waals surface area contributed by atoms with Crippen LogP contribution in [0.4, 0.5) is 5.88 Å². The number of Topliss-reactive ketones (excluding diaryl/α,β-unsaturated/α-hetero) is 1. The number of anilines is 1. The van der Waals surface area contributed by atoms with Crippen molar-refractivity contribution in [2.75, 3.05) is 17.7 Å². The first-order chi connectivity index (χ1) is 13.9. The van der Waals surface area contributed by atoms with Gasteiger partial charge in [-0.05, 0) is 37.6 Å². The van der Waals surface area contributed by atoms with Crippen LogP contribution >= 0.6 is 11.8 Å². The highest BCUT2D eigenvalue weighted by Crippen LogP contribution is 2.30. The molecule has 150 valence electrons. The number of furan rings is 1. The molecule has 2 aromatic carbocycles. The van der Waals surface area contributed by atoms with Crippen LogP contribution in [0.1, 0.15) is 40.3 Å². The number of carbonyl (C=O) groups is 3. The Morgan fingerprint density at radius 1 is 1.07 bits per heavy atom. The molecular formula is C22H21NO5S. The van der Waals surface area contributed by atoms with Gasteiger partial charge in [0.05, 0.1) is 17.9 Å². The number of amides is 1. The van der Waals surface area contributed by atoms with E-state index in [9.17, 15) is 14.4 Å². The lowest BCUT2D eigenvalue weighted by atomic mass is 10.1. The molecule has 6 nitrogen and oxygen atoms in total. The fraction of sp³-hybridized carbons (Fsp3) is 0.227. The maximum atomic E-state index is 12.5. The fourth-order valence-electron chi connectivity index (χ4n) is 3.08. The average Bonchev–Trinajstić information content (AvgIpc) is 3.02. The third-order valence-corrected chi connectivity index (χ3v) is 5.35. The van der Waals surface area contributed by atoms with E-state index < -0.39 is 5.97 Å². The Morgan fingerprint density at radius 2 is 1.79 bits per heavy atom. The van der Waals surface area contributed by atoms with Gasteiger partial charge in [-0.1, -0.05) is 36.4 Å². The quantitative estimate of drug-likeness (QED) is 0.340. The van der Waals surface area contributed by atoms with Crippen molar-refractivity contribution >= 4 is 46.1 Å². The highest BCUT2D eigenvalue weighted by atomic mass is 32.2. The number of ether oxygens (including phenoxy) is 1. The number of carbonyl (C=O) groups excluding carboxylic acids is 3. The zero-order chi connectivity index (χ0) is 21.0. The van der Waals surface area contributed by atoms with Crippen LogP contribution in [0.15, 0.2) is 51.8 Å². The van der Waals surface area contributed by atoms with Crippen LogP contribution in [0.25, 0.3) is 10.8 Å². The number of nitrogens with one attached hydrogen (secondary N) is 1. The molecule has 0 aliphatic carbocycles. The van der Waals surface area contributed by atoms with Crippen LogP contribution in [0.3, 0.4) is 0 Å². The number of esters is 1. The molecule has 29 heavy (non-hydrogen) atoms. The van der Waals surface area contributed by atoms with Gasteiger partial charge in [0.1, 0.15) is 11.3 Å². The van der Waals surface area contributed by atoms with Gasteiger partial charge >= 0.3 is 5.97 Å². The zero-order valence-corrected chi connectivity index (χ0v) is 17.2. The van der Waals surface area contributed by atoms with Gasteiger partial charge in [-0.25, -0.2) is 4.79 Å². The van der Waals surface area contributed by atoms with Gasteiger partial charge in [-0.15, -0.1) is 11.8 Å². The summed E-state index contributed by atoms with van der Waals surface area (Å²) in [4.78, 5) is 37.8. The lowest BCUT2D eigenvalue weighted by molar-refractivity contribution is -0.113.